The van der Waals surface area contributed by atoms with E-state index < -0.39 is 0 Å². The number of amides is 2. The molecule has 2 heterocycles. The highest BCUT2D eigenvalue weighted by atomic mass is 16.5. The first-order valence-electron chi connectivity index (χ1n) is 8.69. The molecule has 2 fully saturated rings. The molecule has 0 aromatic heterocycles. The van der Waals surface area contributed by atoms with Crippen LogP contribution < -0.4 is 15.0 Å². The van der Waals surface area contributed by atoms with Crippen LogP contribution in [-0.2, 0) is 14.3 Å². The summed E-state index contributed by atoms with van der Waals surface area (Å²) < 4.78 is 10.5. The number of rotatable bonds is 6. The van der Waals surface area contributed by atoms with Gasteiger partial charge in [0.05, 0.1) is 26.2 Å². The molecule has 2 aliphatic rings. The van der Waals surface area contributed by atoms with Crippen LogP contribution in [0.15, 0.2) is 24.3 Å². The molecule has 7 heteroatoms. The van der Waals surface area contributed by atoms with Gasteiger partial charge < -0.3 is 19.7 Å². The van der Waals surface area contributed by atoms with Crippen molar-refractivity contribution in [2.45, 2.75) is 6.42 Å². The molecule has 2 saturated heterocycles. The van der Waals surface area contributed by atoms with Crippen LogP contribution in [0.3, 0.4) is 0 Å². The second kappa shape index (κ2) is 8.31. The predicted molar refractivity (Wildman–Crippen MR) is 93.7 cm³/mol. The Labute approximate surface area is 147 Å². The smallest absolute Gasteiger partial charge is 0.227 e. The van der Waals surface area contributed by atoms with Crippen molar-refractivity contribution in [2.24, 2.45) is 5.92 Å². The van der Waals surface area contributed by atoms with E-state index in [2.05, 4.69) is 10.2 Å². The van der Waals surface area contributed by atoms with E-state index in [9.17, 15) is 9.59 Å². The minimum Gasteiger partial charge on any atom is -0.497 e. The van der Waals surface area contributed by atoms with Crippen LogP contribution in [-0.4, -0.2) is 69.8 Å². The Morgan fingerprint density at radius 1 is 1.36 bits per heavy atom. The molecule has 2 aliphatic heterocycles. The molecule has 1 aromatic rings. The third-order valence-electron chi connectivity index (χ3n) is 4.69. The second-order valence-corrected chi connectivity index (χ2v) is 6.35. The Balaban J connectivity index is 1.50. The molecule has 0 saturated carbocycles. The highest BCUT2D eigenvalue weighted by Gasteiger charge is 2.35. The van der Waals surface area contributed by atoms with Gasteiger partial charge in [-0.1, -0.05) is 6.07 Å². The minimum atomic E-state index is -0.302. The van der Waals surface area contributed by atoms with Gasteiger partial charge in [0.15, 0.2) is 0 Å². The predicted octanol–water partition coefficient (Wildman–Crippen LogP) is 0.497. The molecule has 1 atom stereocenters. The fourth-order valence-electron chi connectivity index (χ4n) is 3.22. The first-order chi connectivity index (χ1) is 12.2. The Morgan fingerprint density at radius 2 is 2.16 bits per heavy atom. The third-order valence-corrected chi connectivity index (χ3v) is 4.69. The van der Waals surface area contributed by atoms with Gasteiger partial charge in [0.2, 0.25) is 11.8 Å². The van der Waals surface area contributed by atoms with Crippen molar-refractivity contribution < 1.29 is 19.1 Å². The summed E-state index contributed by atoms with van der Waals surface area (Å²) in [7, 11) is 1.59. The Bertz CT molecular complexity index is 616. The van der Waals surface area contributed by atoms with Crippen LogP contribution in [0.25, 0.3) is 0 Å². The molecular formula is C18H25N3O4. The molecule has 1 aromatic carbocycles. The molecule has 0 bridgehead atoms. The van der Waals surface area contributed by atoms with Crippen LogP contribution >= 0.6 is 0 Å². The van der Waals surface area contributed by atoms with Gasteiger partial charge >= 0.3 is 0 Å². The summed E-state index contributed by atoms with van der Waals surface area (Å²) in [4.78, 5) is 28.6. The van der Waals surface area contributed by atoms with Crippen LogP contribution in [0.1, 0.15) is 6.42 Å². The number of anilines is 1. The number of methoxy groups -OCH3 is 1. The summed E-state index contributed by atoms with van der Waals surface area (Å²) in [6.45, 7) is 5.14. The topological polar surface area (TPSA) is 71.1 Å². The molecule has 3 rings (SSSR count). The van der Waals surface area contributed by atoms with E-state index >= 15 is 0 Å². The molecule has 1 N–H and O–H groups in total. The number of morpholine rings is 1. The van der Waals surface area contributed by atoms with Gasteiger partial charge in [-0.05, 0) is 12.1 Å². The molecule has 0 unspecified atom stereocenters. The maximum atomic E-state index is 12.4. The lowest BCUT2D eigenvalue weighted by molar-refractivity contribution is -0.126. The molecule has 0 radical (unpaired) electrons. The number of benzene rings is 1. The summed E-state index contributed by atoms with van der Waals surface area (Å²) in [5.41, 5.74) is 0.771. The zero-order valence-corrected chi connectivity index (χ0v) is 14.6. The van der Waals surface area contributed by atoms with Gasteiger partial charge in [0, 0.05) is 50.9 Å². The van der Waals surface area contributed by atoms with Crippen molar-refractivity contribution in [1.82, 2.24) is 10.2 Å². The van der Waals surface area contributed by atoms with Crippen LogP contribution in [0, 0.1) is 5.92 Å². The van der Waals surface area contributed by atoms with Crippen LogP contribution in [0.4, 0.5) is 5.69 Å². The standard InChI is InChI=1S/C18H25N3O4/c1-24-16-4-2-3-15(12-16)21-13-14(11-17(21)22)18(23)19-5-6-20-7-9-25-10-8-20/h2-4,12,14H,5-11,13H2,1H3,(H,19,23)/t14-/m0/s1. The normalized spacial score (nSPS) is 21.4. The molecule has 0 aliphatic carbocycles. The summed E-state index contributed by atoms with van der Waals surface area (Å²) in [6.07, 6.45) is 0.251. The quantitative estimate of drug-likeness (QED) is 0.811. The molecule has 2 amide bonds. The Morgan fingerprint density at radius 3 is 2.92 bits per heavy atom. The lowest BCUT2D eigenvalue weighted by Crippen LogP contribution is -2.42. The van der Waals surface area contributed by atoms with E-state index in [1.54, 1.807) is 12.0 Å². The molecule has 136 valence electrons. The minimum absolute atomic E-state index is 0.0263. The van der Waals surface area contributed by atoms with E-state index in [1.165, 1.54) is 0 Å². The summed E-state index contributed by atoms with van der Waals surface area (Å²) in [5, 5.41) is 2.96. The average molecular weight is 347 g/mol. The highest BCUT2D eigenvalue weighted by molar-refractivity contribution is 6.00. The number of nitrogens with one attached hydrogen (secondary N) is 1. The van der Waals surface area contributed by atoms with Gasteiger partial charge in [-0.15, -0.1) is 0 Å². The largest absolute Gasteiger partial charge is 0.497 e. The molecule has 0 spiro atoms. The first kappa shape index (κ1) is 17.7. The summed E-state index contributed by atoms with van der Waals surface area (Å²) >= 11 is 0. The average Bonchev–Trinajstić information content (AvgIpc) is 3.04. The van der Waals surface area contributed by atoms with Crippen LogP contribution in [0.5, 0.6) is 5.75 Å². The van der Waals surface area contributed by atoms with Gasteiger partial charge in [0.25, 0.3) is 0 Å². The van der Waals surface area contributed by atoms with Crippen molar-refractivity contribution in [3.63, 3.8) is 0 Å². The van der Waals surface area contributed by atoms with Gasteiger partial charge in [-0.3, -0.25) is 14.5 Å². The number of carbonyl (C=O) groups excluding carboxylic acids is 2. The van der Waals surface area contributed by atoms with Gasteiger partial charge in [-0.25, -0.2) is 0 Å². The third kappa shape index (κ3) is 4.49. The molecule has 25 heavy (non-hydrogen) atoms. The van der Waals surface area contributed by atoms with Crippen molar-refractivity contribution >= 4 is 17.5 Å². The maximum Gasteiger partial charge on any atom is 0.227 e. The van der Waals surface area contributed by atoms with Crippen LogP contribution in [0.2, 0.25) is 0 Å². The van der Waals surface area contributed by atoms with E-state index in [4.69, 9.17) is 9.47 Å². The van der Waals surface area contributed by atoms with E-state index in [0.717, 1.165) is 38.5 Å². The van der Waals surface area contributed by atoms with Gasteiger partial charge in [0.1, 0.15) is 5.75 Å². The number of carbonyl (C=O) groups is 2. The zero-order chi connectivity index (χ0) is 17.6. The fraction of sp³-hybridized carbons (Fsp3) is 0.556. The molecule has 7 nitrogen and oxygen atoms in total. The van der Waals surface area contributed by atoms with Gasteiger partial charge in [-0.2, -0.15) is 0 Å². The summed E-state index contributed by atoms with van der Waals surface area (Å²) in [6, 6.07) is 7.35. The zero-order valence-electron chi connectivity index (χ0n) is 14.6. The monoisotopic (exact) mass is 347 g/mol. The molecular weight excluding hydrogens is 322 g/mol. The van der Waals surface area contributed by atoms with Crippen molar-refractivity contribution in [2.75, 3.05) is 57.9 Å². The SMILES string of the molecule is COc1cccc(N2C[C@@H](C(=O)NCCN3CCOCC3)CC2=O)c1. The Hall–Kier alpha value is -2.12. The number of hydrogen-bond acceptors (Lipinski definition) is 5. The lowest BCUT2D eigenvalue weighted by atomic mass is 10.1. The van der Waals surface area contributed by atoms with E-state index in [1.807, 2.05) is 24.3 Å². The second-order valence-electron chi connectivity index (χ2n) is 6.35. The highest BCUT2D eigenvalue weighted by Crippen LogP contribution is 2.27. The number of hydrogen-bond donors (Lipinski definition) is 1. The number of ether oxygens (including phenoxy) is 2. The lowest BCUT2D eigenvalue weighted by Gasteiger charge is -2.26. The Kier molecular flexibility index (Phi) is 5.88. The van der Waals surface area contributed by atoms with Crippen molar-refractivity contribution in [3.8, 4) is 5.75 Å². The first-order valence-corrected chi connectivity index (χ1v) is 8.69. The van der Waals surface area contributed by atoms with Crippen molar-refractivity contribution in [3.05, 3.63) is 24.3 Å². The fourth-order valence-corrected chi connectivity index (χ4v) is 3.22. The van der Waals surface area contributed by atoms with E-state index in [0.29, 0.717) is 18.8 Å². The maximum absolute atomic E-state index is 12.4. The van der Waals surface area contributed by atoms with E-state index in [-0.39, 0.29) is 24.2 Å². The summed E-state index contributed by atoms with van der Waals surface area (Å²) in [5.74, 6) is 0.320. The number of nitrogens with zero attached hydrogens (tertiary/aromatic N) is 2. The van der Waals surface area contributed by atoms with Crippen molar-refractivity contribution in [1.29, 1.82) is 0 Å².